The van der Waals surface area contributed by atoms with Gasteiger partial charge in [0, 0.05) is 19.6 Å². The molecule has 0 radical (unpaired) electrons. The summed E-state index contributed by atoms with van der Waals surface area (Å²) >= 11 is 0. The standard InChI is InChI=1S/C22H39NO4/c1-2-3-4-5-6-7-8-10-20-11-12-22(21(26)19-20)27-18-9-13-23(14-16-24)15-17-25/h11-12,19,24-26H,2-10,13-18H2,1H3. The zero-order chi connectivity index (χ0) is 19.7. The number of aliphatic hydroxyl groups excluding tert-OH is 2. The third kappa shape index (κ3) is 11.2. The highest BCUT2D eigenvalue weighted by Crippen LogP contribution is 2.27. The topological polar surface area (TPSA) is 73.2 Å². The van der Waals surface area contributed by atoms with Crippen molar-refractivity contribution in [1.29, 1.82) is 0 Å². The van der Waals surface area contributed by atoms with E-state index in [1.54, 1.807) is 0 Å². The van der Waals surface area contributed by atoms with Crippen molar-refractivity contribution in [1.82, 2.24) is 4.90 Å². The SMILES string of the molecule is CCCCCCCCCc1ccc(OCCCN(CCO)CCO)c(O)c1. The van der Waals surface area contributed by atoms with Gasteiger partial charge in [0.25, 0.3) is 0 Å². The van der Waals surface area contributed by atoms with E-state index in [9.17, 15) is 5.11 Å². The first-order chi connectivity index (χ1) is 13.2. The molecule has 3 N–H and O–H groups in total. The normalized spacial score (nSPS) is 11.3. The van der Waals surface area contributed by atoms with Crippen molar-refractivity contribution in [3.05, 3.63) is 23.8 Å². The Morgan fingerprint density at radius 3 is 2.15 bits per heavy atom. The van der Waals surface area contributed by atoms with Crippen LogP contribution in [0.2, 0.25) is 0 Å². The lowest BCUT2D eigenvalue weighted by atomic mass is 10.0. The number of aryl methyl sites for hydroxylation is 1. The van der Waals surface area contributed by atoms with Gasteiger partial charge in [0.1, 0.15) is 0 Å². The largest absolute Gasteiger partial charge is 0.504 e. The molecule has 0 bridgehead atoms. The fourth-order valence-corrected chi connectivity index (χ4v) is 3.22. The molecule has 0 aliphatic heterocycles. The number of aromatic hydroxyl groups is 1. The molecule has 156 valence electrons. The van der Waals surface area contributed by atoms with E-state index in [1.807, 2.05) is 23.1 Å². The Balaban J connectivity index is 2.24. The molecule has 1 rings (SSSR count). The summed E-state index contributed by atoms with van der Waals surface area (Å²) in [5.41, 5.74) is 1.16. The minimum Gasteiger partial charge on any atom is -0.504 e. The molecule has 0 unspecified atom stereocenters. The maximum absolute atomic E-state index is 10.2. The number of aliphatic hydroxyl groups is 2. The van der Waals surface area contributed by atoms with E-state index in [2.05, 4.69) is 6.92 Å². The molecule has 0 saturated carbocycles. The van der Waals surface area contributed by atoms with Crippen molar-refractivity contribution in [2.75, 3.05) is 39.5 Å². The summed E-state index contributed by atoms with van der Waals surface area (Å²) in [6, 6.07) is 5.71. The zero-order valence-electron chi connectivity index (χ0n) is 17.0. The average Bonchev–Trinajstić information content (AvgIpc) is 2.66. The maximum atomic E-state index is 10.2. The molecule has 5 heteroatoms. The number of hydrogen-bond donors (Lipinski definition) is 3. The van der Waals surface area contributed by atoms with Gasteiger partial charge in [-0.05, 0) is 37.0 Å². The van der Waals surface area contributed by atoms with Gasteiger partial charge in [0.15, 0.2) is 11.5 Å². The predicted molar refractivity (Wildman–Crippen MR) is 111 cm³/mol. The van der Waals surface area contributed by atoms with Gasteiger partial charge in [-0.3, -0.25) is 4.90 Å². The molecule has 27 heavy (non-hydrogen) atoms. The van der Waals surface area contributed by atoms with Crippen LogP contribution >= 0.6 is 0 Å². The second-order valence-corrected chi connectivity index (χ2v) is 7.16. The minimum absolute atomic E-state index is 0.0852. The fourth-order valence-electron chi connectivity index (χ4n) is 3.22. The molecule has 0 heterocycles. The molecule has 0 atom stereocenters. The van der Waals surface area contributed by atoms with E-state index in [-0.39, 0.29) is 19.0 Å². The highest BCUT2D eigenvalue weighted by atomic mass is 16.5. The van der Waals surface area contributed by atoms with Crippen LogP contribution in [0.15, 0.2) is 18.2 Å². The first-order valence-corrected chi connectivity index (χ1v) is 10.6. The van der Waals surface area contributed by atoms with Crippen LogP contribution in [0.4, 0.5) is 0 Å². The molecule has 0 amide bonds. The molecule has 1 aromatic rings. The lowest BCUT2D eigenvalue weighted by molar-refractivity contribution is 0.152. The second-order valence-electron chi connectivity index (χ2n) is 7.16. The van der Waals surface area contributed by atoms with Gasteiger partial charge < -0.3 is 20.1 Å². The molecular formula is C22H39NO4. The van der Waals surface area contributed by atoms with Gasteiger partial charge in [-0.15, -0.1) is 0 Å². The number of phenolic OH excluding ortho intramolecular Hbond substituents is 1. The molecule has 0 aliphatic carbocycles. The highest BCUT2D eigenvalue weighted by Gasteiger charge is 2.06. The molecule has 0 aliphatic rings. The molecule has 0 spiro atoms. The van der Waals surface area contributed by atoms with Crippen molar-refractivity contribution in [3.8, 4) is 11.5 Å². The summed E-state index contributed by atoms with van der Waals surface area (Å²) in [4.78, 5) is 1.99. The number of phenols is 1. The van der Waals surface area contributed by atoms with Crippen LogP contribution in [0.1, 0.15) is 63.9 Å². The Morgan fingerprint density at radius 2 is 1.52 bits per heavy atom. The van der Waals surface area contributed by atoms with Crippen LogP contribution in [0.25, 0.3) is 0 Å². The van der Waals surface area contributed by atoms with Crippen molar-refractivity contribution >= 4 is 0 Å². The van der Waals surface area contributed by atoms with E-state index in [4.69, 9.17) is 14.9 Å². The van der Waals surface area contributed by atoms with Crippen molar-refractivity contribution < 1.29 is 20.1 Å². The quantitative estimate of drug-likeness (QED) is 0.359. The fraction of sp³-hybridized carbons (Fsp3) is 0.727. The number of ether oxygens (including phenoxy) is 1. The maximum Gasteiger partial charge on any atom is 0.160 e. The summed E-state index contributed by atoms with van der Waals surface area (Å²) in [6.07, 6.45) is 10.8. The Morgan fingerprint density at radius 1 is 0.852 bits per heavy atom. The lowest BCUT2D eigenvalue weighted by Crippen LogP contribution is -2.31. The van der Waals surface area contributed by atoms with Gasteiger partial charge in [-0.1, -0.05) is 51.5 Å². The van der Waals surface area contributed by atoms with Crippen LogP contribution in [0.5, 0.6) is 11.5 Å². The smallest absolute Gasteiger partial charge is 0.160 e. The van der Waals surface area contributed by atoms with Crippen LogP contribution in [0.3, 0.4) is 0 Å². The summed E-state index contributed by atoms with van der Waals surface area (Å²) < 4.78 is 5.68. The van der Waals surface area contributed by atoms with Crippen LogP contribution in [-0.2, 0) is 6.42 Å². The first kappa shape index (κ1) is 23.7. The number of unbranched alkanes of at least 4 members (excludes halogenated alkanes) is 6. The van der Waals surface area contributed by atoms with E-state index >= 15 is 0 Å². The number of hydrogen-bond acceptors (Lipinski definition) is 5. The van der Waals surface area contributed by atoms with E-state index < -0.39 is 0 Å². The summed E-state index contributed by atoms with van der Waals surface area (Å²) in [7, 11) is 0. The average molecular weight is 382 g/mol. The minimum atomic E-state index is 0.0852. The van der Waals surface area contributed by atoms with Crippen molar-refractivity contribution in [2.24, 2.45) is 0 Å². The van der Waals surface area contributed by atoms with Crippen LogP contribution in [-0.4, -0.2) is 59.7 Å². The zero-order valence-corrected chi connectivity index (χ0v) is 17.0. The van der Waals surface area contributed by atoms with E-state index in [0.29, 0.717) is 25.4 Å². The number of benzene rings is 1. The molecule has 0 fully saturated rings. The van der Waals surface area contributed by atoms with Crippen LogP contribution in [0, 0.1) is 0 Å². The highest BCUT2D eigenvalue weighted by molar-refractivity contribution is 5.41. The molecule has 5 nitrogen and oxygen atoms in total. The van der Waals surface area contributed by atoms with Gasteiger partial charge in [0.2, 0.25) is 0 Å². The Labute approximate surface area is 165 Å². The Kier molecular flexibility index (Phi) is 13.8. The van der Waals surface area contributed by atoms with Gasteiger partial charge >= 0.3 is 0 Å². The summed E-state index contributed by atoms with van der Waals surface area (Å²) in [5.74, 6) is 0.729. The number of nitrogens with zero attached hydrogens (tertiary/aromatic N) is 1. The summed E-state index contributed by atoms with van der Waals surface area (Å²) in [5, 5.41) is 28.2. The van der Waals surface area contributed by atoms with Gasteiger partial charge in [0.05, 0.1) is 19.8 Å². The Hall–Kier alpha value is -1.30. The van der Waals surface area contributed by atoms with E-state index in [0.717, 1.165) is 31.4 Å². The molecular weight excluding hydrogens is 342 g/mol. The van der Waals surface area contributed by atoms with Gasteiger partial charge in [-0.25, -0.2) is 0 Å². The first-order valence-electron chi connectivity index (χ1n) is 10.6. The Bertz CT molecular complexity index is 475. The second kappa shape index (κ2) is 15.7. The molecule has 1 aromatic carbocycles. The monoisotopic (exact) mass is 381 g/mol. The molecule has 0 aromatic heterocycles. The predicted octanol–water partition coefficient (Wildman–Crippen LogP) is 3.74. The van der Waals surface area contributed by atoms with Crippen molar-refractivity contribution in [3.63, 3.8) is 0 Å². The van der Waals surface area contributed by atoms with Gasteiger partial charge in [-0.2, -0.15) is 0 Å². The number of rotatable bonds is 17. The lowest BCUT2D eigenvalue weighted by Gasteiger charge is -2.20. The third-order valence-electron chi connectivity index (χ3n) is 4.80. The van der Waals surface area contributed by atoms with Crippen molar-refractivity contribution in [2.45, 2.75) is 64.7 Å². The summed E-state index contributed by atoms with van der Waals surface area (Å²) in [6.45, 7) is 4.77. The van der Waals surface area contributed by atoms with Crippen LogP contribution < -0.4 is 4.74 Å². The third-order valence-corrected chi connectivity index (χ3v) is 4.80. The van der Waals surface area contributed by atoms with E-state index in [1.165, 1.54) is 38.5 Å². The molecule has 0 saturated heterocycles.